The van der Waals surface area contributed by atoms with E-state index in [1.165, 1.54) is 9.80 Å². The number of halogens is 1. The van der Waals surface area contributed by atoms with Gasteiger partial charge in [0.2, 0.25) is 0 Å². The molecule has 4 nitrogen and oxygen atoms in total. The summed E-state index contributed by atoms with van der Waals surface area (Å²) in [6.45, 7) is 0. The van der Waals surface area contributed by atoms with Gasteiger partial charge in [0.1, 0.15) is 0 Å². The fourth-order valence-corrected chi connectivity index (χ4v) is 3.32. The molecular formula is C16H12IN3OS2. The predicted octanol–water partition coefficient (Wildman–Crippen LogP) is 4.76. The van der Waals surface area contributed by atoms with Gasteiger partial charge in [-0.15, -0.1) is 11.8 Å². The van der Waals surface area contributed by atoms with E-state index in [9.17, 15) is 4.79 Å². The molecule has 2 aromatic rings. The largest absolute Gasteiger partial charge is 0.340 e. The molecular weight excluding hydrogens is 441 g/mol. The minimum Gasteiger partial charge on any atom is -0.281 e. The van der Waals surface area contributed by atoms with Crippen molar-refractivity contribution in [3.8, 4) is 0 Å². The van der Waals surface area contributed by atoms with E-state index in [0.29, 0.717) is 11.4 Å². The van der Waals surface area contributed by atoms with Crippen molar-refractivity contribution < 1.29 is 4.79 Å². The lowest BCUT2D eigenvalue weighted by atomic mass is 10.3. The molecule has 0 aromatic heterocycles. The number of rotatable bonds is 3. The number of hydrogen-bond acceptors (Lipinski definition) is 4. The van der Waals surface area contributed by atoms with E-state index in [4.69, 9.17) is 17.6 Å². The number of amidine groups is 1. The van der Waals surface area contributed by atoms with Gasteiger partial charge in [0.05, 0.1) is 11.4 Å². The minimum absolute atomic E-state index is 0.0282. The zero-order valence-corrected chi connectivity index (χ0v) is 15.9. The lowest BCUT2D eigenvalue weighted by Crippen LogP contribution is -2.33. The first kappa shape index (κ1) is 16.4. The summed E-state index contributed by atoms with van der Waals surface area (Å²) in [5.41, 5.74) is 1.32. The number of anilines is 2. The molecule has 1 saturated heterocycles. The Bertz CT molecular complexity index is 790. The Morgan fingerprint density at radius 2 is 1.52 bits per heavy atom. The van der Waals surface area contributed by atoms with Gasteiger partial charge < -0.3 is 0 Å². The van der Waals surface area contributed by atoms with E-state index in [1.54, 1.807) is 11.8 Å². The topological polar surface area (TPSA) is 47.4 Å². The molecule has 0 saturated carbocycles. The highest BCUT2D eigenvalue weighted by molar-refractivity contribution is 14.1. The van der Waals surface area contributed by atoms with Crippen LogP contribution in [0.2, 0.25) is 0 Å². The van der Waals surface area contributed by atoms with Crippen LogP contribution >= 0.6 is 46.6 Å². The standard InChI is InChI=1S/C16H12IN3OS2/c1-23-13-8-6-11(7-9-13)19-14(18)15(22)20(16(19)21)12-4-2-10(17)3-5-12/h2-9,18H,1H3. The summed E-state index contributed by atoms with van der Waals surface area (Å²) < 4.78 is 1.07. The summed E-state index contributed by atoms with van der Waals surface area (Å²) in [5, 5.41) is 8.22. The summed E-state index contributed by atoms with van der Waals surface area (Å²) in [6, 6.07) is 14.7. The van der Waals surface area contributed by atoms with E-state index in [1.807, 2.05) is 54.8 Å². The van der Waals surface area contributed by atoms with Crippen LogP contribution in [0.5, 0.6) is 0 Å². The lowest BCUT2D eigenvalue weighted by molar-refractivity contribution is 0.257. The molecule has 0 bridgehead atoms. The number of nitrogens with zero attached hydrogens (tertiary/aromatic N) is 2. The smallest absolute Gasteiger partial charge is 0.281 e. The number of nitrogens with one attached hydrogen (secondary N) is 1. The molecule has 0 spiro atoms. The zero-order valence-electron chi connectivity index (χ0n) is 12.1. The number of hydrogen-bond donors (Lipinski definition) is 1. The zero-order chi connectivity index (χ0) is 16.6. The molecule has 3 rings (SSSR count). The summed E-state index contributed by atoms with van der Waals surface area (Å²) in [5.74, 6) is 0.0282. The van der Waals surface area contributed by atoms with Crippen molar-refractivity contribution in [2.24, 2.45) is 0 Å². The van der Waals surface area contributed by atoms with Crippen molar-refractivity contribution >= 4 is 74.8 Å². The normalized spacial score (nSPS) is 14.8. The summed E-state index contributed by atoms with van der Waals surface area (Å²) >= 11 is 9.14. The third kappa shape index (κ3) is 3.00. The average molecular weight is 453 g/mol. The van der Waals surface area contributed by atoms with Crippen molar-refractivity contribution in [1.82, 2.24) is 0 Å². The third-order valence-electron chi connectivity index (χ3n) is 3.43. The Morgan fingerprint density at radius 1 is 1.00 bits per heavy atom. The summed E-state index contributed by atoms with van der Waals surface area (Å²) in [6.07, 6.45) is 1.99. The van der Waals surface area contributed by atoms with Crippen molar-refractivity contribution in [2.45, 2.75) is 4.90 Å². The maximum atomic E-state index is 12.8. The Labute approximate surface area is 157 Å². The van der Waals surface area contributed by atoms with Gasteiger partial charge >= 0.3 is 6.03 Å². The van der Waals surface area contributed by atoms with Crippen LogP contribution in [0.15, 0.2) is 53.4 Å². The van der Waals surface area contributed by atoms with Gasteiger partial charge in [-0.1, -0.05) is 12.2 Å². The van der Waals surface area contributed by atoms with Crippen LogP contribution in [0.1, 0.15) is 0 Å². The molecule has 0 radical (unpaired) electrons. The number of carbonyl (C=O) groups is 1. The first-order valence-electron chi connectivity index (χ1n) is 6.69. The van der Waals surface area contributed by atoms with Crippen molar-refractivity contribution in [2.75, 3.05) is 16.1 Å². The second-order valence-corrected chi connectivity index (χ2v) is 7.29. The van der Waals surface area contributed by atoms with Gasteiger partial charge in [-0.05, 0) is 77.4 Å². The number of benzene rings is 2. The van der Waals surface area contributed by atoms with Crippen LogP contribution in [0.3, 0.4) is 0 Å². The van der Waals surface area contributed by atoms with Crippen molar-refractivity contribution in [3.63, 3.8) is 0 Å². The van der Waals surface area contributed by atoms with Crippen LogP contribution < -0.4 is 9.80 Å². The van der Waals surface area contributed by atoms with Crippen LogP contribution in [0, 0.1) is 8.98 Å². The SMILES string of the molecule is CSc1ccc(N2C(=N)C(=S)N(c3ccc(I)cc3)C2=O)cc1. The van der Waals surface area contributed by atoms with Gasteiger partial charge in [0.25, 0.3) is 0 Å². The second kappa shape index (κ2) is 6.58. The van der Waals surface area contributed by atoms with E-state index in [0.717, 1.165) is 8.47 Å². The molecule has 1 N–H and O–H groups in total. The molecule has 1 heterocycles. The summed E-state index contributed by atoms with van der Waals surface area (Å²) in [4.78, 5) is 16.8. The van der Waals surface area contributed by atoms with Gasteiger partial charge in [0, 0.05) is 8.47 Å². The average Bonchev–Trinajstić information content (AvgIpc) is 2.78. The Kier molecular flexibility index (Phi) is 4.69. The van der Waals surface area contributed by atoms with E-state index in [2.05, 4.69) is 22.6 Å². The monoisotopic (exact) mass is 453 g/mol. The lowest BCUT2D eigenvalue weighted by Gasteiger charge is -2.17. The molecule has 1 fully saturated rings. The van der Waals surface area contributed by atoms with E-state index >= 15 is 0 Å². The Hall–Kier alpha value is -1.45. The predicted molar refractivity (Wildman–Crippen MR) is 108 cm³/mol. The molecule has 116 valence electrons. The highest BCUT2D eigenvalue weighted by Gasteiger charge is 2.40. The molecule has 1 aliphatic heterocycles. The van der Waals surface area contributed by atoms with Crippen LogP contribution in [0.4, 0.5) is 16.2 Å². The van der Waals surface area contributed by atoms with Gasteiger partial charge in [-0.2, -0.15) is 0 Å². The van der Waals surface area contributed by atoms with E-state index in [-0.39, 0.29) is 16.9 Å². The molecule has 0 unspecified atom stereocenters. The fourth-order valence-electron chi connectivity index (χ4n) is 2.27. The van der Waals surface area contributed by atoms with E-state index < -0.39 is 0 Å². The number of urea groups is 1. The Balaban J connectivity index is 1.97. The van der Waals surface area contributed by atoms with Crippen molar-refractivity contribution in [1.29, 1.82) is 5.41 Å². The Morgan fingerprint density at radius 3 is 2.09 bits per heavy atom. The quantitative estimate of drug-likeness (QED) is 0.414. The highest BCUT2D eigenvalue weighted by atomic mass is 127. The van der Waals surface area contributed by atoms with Gasteiger partial charge in [-0.3, -0.25) is 5.41 Å². The molecule has 23 heavy (non-hydrogen) atoms. The number of carbonyl (C=O) groups excluding carboxylic acids is 1. The van der Waals surface area contributed by atoms with Gasteiger partial charge in [-0.25, -0.2) is 14.6 Å². The maximum Gasteiger partial charge on any atom is 0.340 e. The molecule has 0 atom stereocenters. The van der Waals surface area contributed by atoms with Crippen LogP contribution in [0.25, 0.3) is 0 Å². The van der Waals surface area contributed by atoms with Crippen LogP contribution in [-0.2, 0) is 0 Å². The minimum atomic E-state index is -0.321. The van der Waals surface area contributed by atoms with Crippen molar-refractivity contribution in [3.05, 3.63) is 52.1 Å². The number of thiocarbonyl (C=S) groups is 1. The second-order valence-electron chi connectivity index (χ2n) is 4.78. The third-order valence-corrected chi connectivity index (χ3v) is 5.27. The fraction of sp³-hybridized carbons (Fsp3) is 0.0625. The first-order valence-corrected chi connectivity index (χ1v) is 9.41. The molecule has 2 aromatic carbocycles. The number of amides is 2. The first-order chi connectivity index (χ1) is 11.0. The highest BCUT2D eigenvalue weighted by Crippen LogP contribution is 2.29. The molecule has 0 aliphatic carbocycles. The summed E-state index contributed by atoms with van der Waals surface area (Å²) in [7, 11) is 0. The van der Waals surface area contributed by atoms with Crippen LogP contribution in [-0.4, -0.2) is 23.1 Å². The van der Waals surface area contributed by atoms with Gasteiger partial charge in [0.15, 0.2) is 10.8 Å². The molecule has 7 heteroatoms. The molecule has 2 amide bonds. The maximum absolute atomic E-state index is 12.8. The number of thioether (sulfide) groups is 1. The molecule has 1 aliphatic rings.